The number of H-pyrrole nitrogens is 2. The molecule has 5 unspecified atom stereocenters. The number of hydrogen-bond donors (Lipinski definition) is 8. The number of carbonyl (C=O) groups is 5. The normalized spacial score (nSPS) is 14.7. The summed E-state index contributed by atoms with van der Waals surface area (Å²) in [5.41, 5.74) is 13.5. The molecule has 5 atom stereocenters. The molecule has 42 heavy (non-hydrogen) atoms. The Hall–Kier alpha value is -4.72. The molecule has 2 heterocycles. The number of nitrogens with two attached hydrogens (primary N) is 2. The van der Waals surface area contributed by atoms with E-state index < -0.39 is 53.8 Å². The minimum atomic E-state index is -1.35. The van der Waals surface area contributed by atoms with Crippen molar-refractivity contribution in [3.63, 3.8) is 0 Å². The van der Waals surface area contributed by atoms with E-state index in [1.54, 1.807) is 6.20 Å². The maximum absolute atomic E-state index is 13.6. The molecule has 1 aromatic carbocycles. The Balaban J connectivity index is 1.84. The van der Waals surface area contributed by atoms with E-state index in [0.717, 1.165) is 16.5 Å². The van der Waals surface area contributed by atoms with E-state index >= 15 is 0 Å². The summed E-state index contributed by atoms with van der Waals surface area (Å²) in [6.07, 6.45) is 4.71. The number of fused-ring (bicyclic) bond motifs is 1. The van der Waals surface area contributed by atoms with Crippen molar-refractivity contribution in [2.75, 3.05) is 0 Å². The van der Waals surface area contributed by atoms with Crippen molar-refractivity contribution >= 4 is 40.5 Å². The maximum Gasteiger partial charge on any atom is 0.326 e. The fourth-order valence-corrected chi connectivity index (χ4v) is 4.43. The van der Waals surface area contributed by atoms with Crippen LogP contribution in [0, 0.1) is 5.92 Å². The molecule has 0 spiro atoms. The number of amides is 4. The largest absolute Gasteiger partial charge is 0.480 e. The third-order valence-electron chi connectivity index (χ3n) is 7.20. The lowest BCUT2D eigenvalue weighted by Gasteiger charge is -2.26. The van der Waals surface area contributed by atoms with E-state index in [1.807, 2.05) is 38.1 Å². The van der Waals surface area contributed by atoms with E-state index in [1.165, 1.54) is 12.5 Å². The lowest BCUT2D eigenvalue weighted by atomic mass is 9.98. The molecule has 2 aromatic heterocycles. The summed E-state index contributed by atoms with van der Waals surface area (Å²) in [6, 6.07) is 2.77. The second-order valence-corrected chi connectivity index (χ2v) is 10.3. The van der Waals surface area contributed by atoms with Gasteiger partial charge in [-0.1, -0.05) is 38.5 Å². The van der Waals surface area contributed by atoms with Crippen molar-refractivity contribution < 1.29 is 29.1 Å². The van der Waals surface area contributed by atoms with Crippen molar-refractivity contribution in [2.45, 2.75) is 70.1 Å². The van der Waals surface area contributed by atoms with Gasteiger partial charge in [0.1, 0.15) is 18.1 Å². The summed E-state index contributed by atoms with van der Waals surface area (Å²) < 4.78 is 0. The second-order valence-electron chi connectivity index (χ2n) is 10.3. The van der Waals surface area contributed by atoms with Gasteiger partial charge in [-0.15, -0.1) is 0 Å². The number of aromatic amines is 2. The van der Waals surface area contributed by atoms with Crippen LogP contribution in [0.2, 0.25) is 0 Å². The Morgan fingerprint density at radius 3 is 2.26 bits per heavy atom. The maximum atomic E-state index is 13.6. The number of primary amides is 1. The molecule has 3 rings (SSSR count). The van der Waals surface area contributed by atoms with Gasteiger partial charge in [-0.2, -0.15) is 0 Å². The number of hydrogen-bond acceptors (Lipinski definition) is 7. The fourth-order valence-electron chi connectivity index (χ4n) is 4.43. The fraction of sp³-hybridized carbons (Fsp3) is 0.429. The Morgan fingerprint density at radius 1 is 0.952 bits per heavy atom. The summed E-state index contributed by atoms with van der Waals surface area (Å²) in [6.45, 7) is 3.72. The van der Waals surface area contributed by atoms with Gasteiger partial charge in [-0.3, -0.25) is 19.2 Å². The molecule has 0 saturated heterocycles. The van der Waals surface area contributed by atoms with Crippen molar-refractivity contribution in [3.8, 4) is 0 Å². The zero-order valence-corrected chi connectivity index (χ0v) is 23.6. The molecule has 4 amide bonds. The third-order valence-corrected chi connectivity index (χ3v) is 7.20. The van der Waals surface area contributed by atoms with Gasteiger partial charge in [0.15, 0.2) is 0 Å². The lowest BCUT2D eigenvalue weighted by molar-refractivity contribution is -0.142. The Kier molecular flexibility index (Phi) is 11.2. The minimum absolute atomic E-state index is 0.0660. The van der Waals surface area contributed by atoms with E-state index in [9.17, 15) is 29.1 Å². The predicted molar refractivity (Wildman–Crippen MR) is 154 cm³/mol. The molecule has 226 valence electrons. The number of para-hydroxylation sites is 1. The molecule has 0 saturated carbocycles. The summed E-state index contributed by atoms with van der Waals surface area (Å²) in [7, 11) is 0. The van der Waals surface area contributed by atoms with Crippen LogP contribution >= 0.6 is 0 Å². The Morgan fingerprint density at radius 2 is 1.62 bits per heavy atom. The molecule has 14 nitrogen and oxygen atoms in total. The van der Waals surface area contributed by atoms with Crippen molar-refractivity contribution in [1.29, 1.82) is 0 Å². The highest BCUT2D eigenvalue weighted by atomic mass is 16.4. The monoisotopic (exact) mass is 582 g/mol. The minimum Gasteiger partial charge on any atom is -0.480 e. The van der Waals surface area contributed by atoms with E-state index in [-0.39, 0.29) is 31.6 Å². The van der Waals surface area contributed by atoms with E-state index in [4.69, 9.17) is 11.5 Å². The van der Waals surface area contributed by atoms with Gasteiger partial charge in [-0.25, -0.2) is 9.78 Å². The van der Waals surface area contributed by atoms with Crippen molar-refractivity contribution in [3.05, 3.63) is 54.2 Å². The van der Waals surface area contributed by atoms with Crippen LogP contribution < -0.4 is 27.4 Å². The molecule has 0 aliphatic rings. The molecule has 0 radical (unpaired) electrons. The molecule has 0 fully saturated rings. The van der Waals surface area contributed by atoms with Crippen LogP contribution in [-0.2, 0) is 36.8 Å². The van der Waals surface area contributed by atoms with Crippen LogP contribution in [0.3, 0.4) is 0 Å². The van der Waals surface area contributed by atoms with Crippen LogP contribution in [0.15, 0.2) is 43.0 Å². The highest BCUT2D eigenvalue weighted by Gasteiger charge is 2.32. The van der Waals surface area contributed by atoms with E-state index in [0.29, 0.717) is 12.1 Å². The first-order chi connectivity index (χ1) is 20.0. The number of aliphatic carboxylic acids is 1. The summed E-state index contributed by atoms with van der Waals surface area (Å²) in [5.74, 6) is -4.24. The van der Waals surface area contributed by atoms with Crippen LogP contribution in [0.4, 0.5) is 0 Å². The number of carbonyl (C=O) groups excluding carboxylic acids is 4. The van der Waals surface area contributed by atoms with Crippen molar-refractivity contribution in [2.24, 2.45) is 17.4 Å². The standard InChI is InChI=1S/C28H38N8O6/c1-3-15(2)24(30)27(40)35-21(10-16-12-32-19-7-5-4-6-18(16)19)26(39)34-20(8-9-23(29)37)25(38)36-22(28(41)42)11-17-13-31-14-33-17/h4-7,12-15,20-22,24,32H,3,8-11,30H2,1-2H3,(H2,29,37)(H,31,33)(H,34,39)(H,35,40)(H,36,38)(H,41,42). The molecule has 14 heteroatoms. The molecular weight excluding hydrogens is 544 g/mol. The summed E-state index contributed by atoms with van der Waals surface area (Å²) in [4.78, 5) is 73.0. The number of carboxylic acids is 1. The molecule has 3 aromatic rings. The van der Waals surface area contributed by atoms with Gasteiger partial charge in [0.25, 0.3) is 0 Å². The van der Waals surface area contributed by atoms with Gasteiger partial charge >= 0.3 is 5.97 Å². The molecule has 0 aliphatic carbocycles. The molecule has 0 aliphatic heterocycles. The Bertz CT molecular complexity index is 1390. The number of nitrogens with zero attached hydrogens (tertiary/aromatic N) is 1. The van der Waals surface area contributed by atoms with Gasteiger partial charge < -0.3 is 42.5 Å². The average Bonchev–Trinajstić information content (AvgIpc) is 3.63. The number of imidazole rings is 1. The molecular formula is C28H38N8O6. The SMILES string of the molecule is CCC(C)C(N)C(=O)NC(Cc1c[nH]c2ccccc12)C(=O)NC(CCC(N)=O)C(=O)NC(Cc1cnc[nH]1)C(=O)O. The highest BCUT2D eigenvalue weighted by Crippen LogP contribution is 2.19. The van der Waals surface area contributed by atoms with Crippen LogP contribution in [0.1, 0.15) is 44.4 Å². The van der Waals surface area contributed by atoms with Gasteiger partial charge in [0, 0.05) is 48.3 Å². The Labute approximate surface area is 242 Å². The van der Waals surface area contributed by atoms with Crippen LogP contribution in [0.5, 0.6) is 0 Å². The first kappa shape index (κ1) is 31.8. The highest BCUT2D eigenvalue weighted by molar-refractivity contribution is 5.95. The molecule has 10 N–H and O–H groups in total. The van der Waals surface area contributed by atoms with Crippen LogP contribution in [0.25, 0.3) is 10.9 Å². The zero-order chi connectivity index (χ0) is 30.8. The summed E-state index contributed by atoms with van der Waals surface area (Å²) >= 11 is 0. The third kappa shape index (κ3) is 8.64. The van der Waals surface area contributed by atoms with Gasteiger partial charge in [0.2, 0.25) is 23.6 Å². The van der Waals surface area contributed by atoms with Crippen molar-refractivity contribution in [1.82, 2.24) is 30.9 Å². The average molecular weight is 583 g/mol. The summed E-state index contributed by atoms with van der Waals surface area (Å²) in [5, 5.41) is 18.2. The predicted octanol–water partition coefficient (Wildman–Crippen LogP) is -0.146. The van der Waals surface area contributed by atoms with E-state index in [2.05, 4.69) is 30.9 Å². The first-order valence-electron chi connectivity index (χ1n) is 13.7. The quantitative estimate of drug-likeness (QED) is 0.113. The topological polar surface area (TPSA) is 238 Å². The lowest BCUT2D eigenvalue weighted by Crippen LogP contribution is -2.58. The first-order valence-corrected chi connectivity index (χ1v) is 13.7. The molecule has 0 bridgehead atoms. The smallest absolute Gasteiger partial charge is 0.326 e. The second kappa shape index (κ2) is 14.8. The number of nitrogens with one attached hydrogen (secondary N) is 5. The number of carboxylic acid groups (broad SMARTS) is 1. The van der Waals surface area contributed by atoms with Crippen LogP contribution in [-0.4, -0.2) is 73.8 Å². The number of aromatic nitrogens is 3. The van der Waals surface area contributed by atoms with Gasteiger partial charge in [0.05, 0.1) is 12.4 Å². The van der Waals surface area contributed by atoms with Gasteiger partial charge in [-0.05, 0) is 24.0 Å². The zero-order valence-electron chi connectivity index (χ0n) is 23.6. The number of benzene rings is 1. The number of rotatable bonds is 16.